The normalized spacial score (nSPS) is 13.1. The quantitative estimate of drug-likeness (QED) is 0.424. The maximum absolute atomic E-state index is 13.1. The minimum Gasteiger partial charge on any atom is -0.312 e. The fourth-order valence-electron chi connectivity index (χ4n) is 5.08. The van der Waals surface area contributed by atoms with Crippen molar-refractivity contribution < 1.29 is 4.79 Å². The van der Waals surface area contributed by atoms with Gasteiger partial charge in [0.05, 0.1) is 11.4 Å². The third-order valence-corrected chi connectivity index (χ3v) is 7.09. The Balaban J connectivity index is 1.46. The van der Waals surface area contributed by atoms with E-state index in [9.17, 15) is 4.79 Å². The third kappa shape index (κ3) is 3.62. The monoisotopic (exact) mass is 438 g/mol. The van der Waals surface area contributed by atoms with E-state index >= 15 is 0 Å². The van der Waals surface area contributed by atoms with Crippen LogP contribution in [-0.4, -0.2) is 27.2 Å². The van der Waals surface area contributed by atoms with Crippen molar-refractivity contribution in [1.29, 1.82) is 0 Å². The summed E-state index contributed by atoms with van der Waals surface area (Å²) < 4.78 is 1.95. The van der Waals surface area contributed by atoms with E-state index < -0.39 is 0 Å². The molecule has 1 amide bonds. The second kappa shape index (κ2) is 8.14. The van der Waals surface area contributed by atoms with Crippen LogP contribution in [0.2, 0.25) is 0 Å². The van der Waals surface area contributed by atoms with Crippen molar-refractivity contribution in [1.82, 2.24) is 14.8 Å². The number of hydrogen-bond acceptors (Lipinski definition) is 3. The summed E-state index contributed by atoms with van der Waals surface area (Å²) in [5.41, 5.74) is 11.0. The van der Waals surface area contributed by atoms with E-state index in [1.54, 1.807) is 0 Å². The molecule has 0 spiro atoms. The Morgan fingerprint density at radius 2 is 1.76 bits per heavy atom. The van der Waals surface area contributed by atoms with Gasteiger partial charge in [-0.15, -0.1) is 0 Å². The van der Waals surface area contributed by atoms with Crippen LogP contribution in [0.1, 0.15) is 45.6 Å². The molecular weight excluding hydrogens is 408 g/mol. The zero-order valence-corrected chi connectivity index (χ0v) is 20.1. The highest BCUT2D eigenvalue weighted by Crippen LogP contribution is 2.31. The summed E-state index contributed by atoms with van der Waals surface area (Å²) in [6.45, 7) is 11.2. The molecule has 168 valence electrons. The van der Waals surface area contributed by atoms with Gasteiger partial charge in [0, 0.05) is 29.7 Å². The van der Waals surface area contributed by atoms with Gasteiger partial charge in [-0.2, -0.15) is 5.10 Å². The Labute approximate surface area is 195 Å². The van der Waals surface area contributed by atoms with Gasteiger partial charge in [-0.05, 0) is 93.5 Å². The highest BCUT2D eigenvalue weighted by Gasteiger charge is 2.25. The molecule has 4 aromatic rings. The summed E-state index contributed by atoms with van der Waals surface area (Å²) in [6, 6.07) is 14.6. The molecule has 5 nitrogen and oxygen atoms in total. The molecule has 0 bridgehead atoms. The second-order valence-corrected chi connectivity index (χ2v) is 9.19. The van der Waals surface area contributed by atoms with Crippen molar-refractivity contribution in [3.8, 4) is 5.69 Å². The van der Waals surface area contributed by atoms with Crippen LogP contribution >= 0.6 is 0 Å². The molecule has 0 N–H and O–H groups in total. The minimum absolute atomic E-state index is 0.182. The zero-order valence-electron chi connectivity index (χ0n) is 20.1. The minimum atomic E-state index is 0.182. The van der Waals surface area contributed by atoms with Crippen molar-refractivity contribution in [3.05, 3.63) is 81.7 Å². The van der Waals surface area contributed by atoms with E-state index in [2.05, 4.69) is 51.1 Å². The van der Waals surface area contributed by atoms with Crippen molar-refractivity contribution in [3.63, 3.8) is 0 Å². The van der Waals surface area contributed by atoms with Crippen LogP contribution in [0.5, 0.6) is 0 Å². The third-order valence-electron chi connectivity index (χ3n) is 7.09. The molecule has 2 aromatic carbocycles. The van der Waals surface area contributed by atoms with Gasteiger partial charge in [0.1, 0.15) is 0 Å². The van der Waals surface area contributed by atoms with Crippen LogP contribution in [-0.2, 0) is 17.6 Å². The van der Waals surface area contributed by atoms with Crippen LogP contribution in [0.4, 0.5) is 5.69 Å². The molecule has 0 fully saturated rings. The summed E-state index contributed by atoms with van der Waals surface area (Å²) in [5.74, 6) is 0.182. The first kappa shape index (κ1) is 21.4. The first-order valence-electron chi connectivity index (χ1n) is 11.7. The van der Waals surface area contributed by atoms with Gasteiger partial charge in [0.25, 0.3) is 0 Å². The number of pyridine rings is 1. The van der Waals surface area contributed by atoms with E-state index in [1.165, 1.54) is 22.3 Å². The molecule has 0 saturated carbocycles. The molecule has 0 atom stereocenters. The molecule has 0 aliphatic carbocycles. The number of benzene rings is 2. The number of carbonyl (C=O) groups excluding carboxylic acids is 1. The molecule has 2 aromatic heterocycles. The predicted molar refractivity (Wildman–Crippen MR) is 133 cm³/mol. The molecule has 5 heteroatoms. The van der Waals surface area contributed by atoms with Gasteiger partial charge < -0.3 is 4.90 Å². The van der Waals surface area contributed by atoms with Gasteiger partial charge in [-0.3, -0.25) is 4.79 Å². The van der Waals surface area contributed by atoms with Gasteiger partial charge in [0.15, 0.2) is 5.65 Å². The van der Waals surface area contributed by atoms with Crippen molar-refractivity contribution in [2.75, 3.05) is 11.4 Å². The molecule has 0 saturated heterocycles. The fraction of sp³-hybridized carbons (Fsp3) is 0.321. The fourth-order valence-corrected chi connectivity index (χ4v) is 5.08. The number of aromatic nitrogens is 3. The smallest absolute Gasteiger partial charge is 0.227 e. The lowest BCUT2D eigenvalue weighted by molar-refractivity contribution is -0.118. The van der Waals surface area contributed by atoms with Crippen LogP contribution in [0.25, 0.3) is 16.7 Å². The standard InChI is InChI=1S/C28H30N4O/c1-17-10-11-23(16-18(17)2)32-28-27(21(5)30-32)19(3)24(20(4)29-28)12-13-26(33)31-15-14-22-8-6-7-9-25(22)31/h6-11,16H,12-15H2,1-5H3. The van der Waals surface area contributed by atoms with E-state index in [-0.39, 0.29) is 5.91 Å². The molecule has 0 radical (unpaired) electrons. The Kier molecular flexibility index (Phi) is 5.28. The number of hydrogen-bond donors (Lipinski definition) is 0. The average molecular weight is 439 g/mol. The Hall–Kier alpha value is -3.47. The van der Waals surface area contributed by atoms with E-state index in [0.29, 0.717) is 12.8 Å². The second-order valence-electron chi connectivity index (χ2n) is 9.19. The Morgan fingerprint density at radius 3 is 2.55 bits per heavy atom. The lowest BCUT2D eigenvalue weighted by Crippen LogP contribution is -2.29. The highest BCUT2D eigenvalue weighted by atomic mass is 16.2. The molecular formula is C28H30N4O. The van der Waals surface area contributed by atoms with Crippen LogP contribution in [0.15, 0.2) is 42.5 Å². The van der Waals surface area contributed by atoms with E-state index in [4.69, 9.17) is 10.1 Å². The molecule has 3 heterocycles. The maximum Gasteiger partial charge on any atom is 0.227 e. The molecule has 1 aliphatic heterocycles. The summed E-state index contributed by atoms with van der Waals surface area (Å²) in [5, 5.41) is 5.93. The summed E-state index contributed by atoms with van der Waals surface area (Å²) in [4.78, 5) is 20.0. The van der Waals surface area contributed by atoms with E-state index in [1.807, 2.05) is 35.6 Å². The topological polar surface area (TPSA) is 51.0 Å². The zero-order chi connectivity index (χ0) is 23.3. The maximum atomic E-state index is 13.1. The van der Waals surface area contributed by atoms with Gasteiger partial charge in [0.2, 0.25) is 5.91 Å². The van der Waals surface area contributed by atoms with Crippen LogP contribution in [0.3, 0.4) is 0 Å². The first-order chi connectivity index (χ1) is 15.8. The number of amides is 1. The number of rotatable bonds is 4. The molecule has 1 aliphatic rings. The summed E-state index contributed by atoms with van der Waals surface area (Å²) in [6.07, 6.45) is 2.10. The van der Waals surface area contributed by atoms with Crippen molar-refractivity contribution in [2.45, 2.75) is 53.9 Å². The average Bonchev–Trinajstić information content (AvgIpc) is 3.36. The molecule has 33 heavy (non-hydrogen) atoms. The summed E-state index contributed by atoms with van der Waals surface area (Å²) >= 11 is 0. The largest absolute Gasteiger partial charge is 0.312 e. The predicted octanol–water partition coefficient (Wildman–Crippen LogP) is 5.48. The lowest BCUT2D eigenvalue weighted by Gasteiger charge is -2.18. The first-order valence-corrected chi connectivity index (χ1v) is 11.7. The number of aryl methyl sites for hydroxylation is 5. The van der Waals surface area contributed by atoms with Crippen LogP contribution < -0.4 is 4.90 Å². The van der Waals surface area contributed by atoms with Crippen molar-refractivity contribution >= 4 is 22.6 Å². The highest BCUT2D eigenvalue weighted by molar-refractivity contribution is 5.95. The number of carbonyl (C=O) groups is 1. The SMILES string of the molecule is Cc1ccc(-n2nc(C)c3c(C)c(CCC(=O)N4CCc5ccccc54)c(C)nc32)cc1C. The number of para-hydroxylation sites is 1. The van der Waals surface area contributed by atoms with E-state index in [0.717, 1.165) is 52.3 Å². The van der Waals surface area contributed by atoms with Gasteiger partial charge in [-0.1, -0.05) is 24.3 Å². The van der Waals surface area contributed by atoms with Crippen LogP contribution in [0, 0.1) is 34.6 Å². The number of fused-ring (bicyclic) bond motifs is 2. The molecule has 5 rings (SSSR count). The van der Waals surface area contributed by atoms with Gasteiger partial charge in [-0.25, -0.2) is 9.67 Å². The number of nitrogens with zero attached hydrogens (tertiary/aromatic N) is 4. The number of anilines is 1. The van der Waals surface area contributed by atoms with Crippen molar-refractivity contribution in [2.24, 2.45) is 0 Å². The van der Waals surface area contributed by atoms with Gasteiger partial charge >= 0.3 is 0 Å². The lowest BCUT2D eigenvalue weighted by atomic mass is 9.99. The molecule has 0 unspecified atom stereocenters. The Bertz CT molecular complexity index is 1400. The summed E-state index contributed by atoms with van der Waals surface area (Å²) in [7, 11) is 0. The Morgan fingerprint density at radius 1 is 0.970 bits per heavy atom.